The van der Waals surface area contributed by atoms with Crippen molar-refractivity contribution in [3.8, 4) is 11.1 Å². The average Bonchev–Trinajstić information content (AvgIpc) is 2.96. The smallest absolute Gasteiger partial charge is 0.0968 e. The third-order valence-electron chi connectivity index (χ3n) is 4.68. The maximum atomic E-state index is 4.75. The second-order valence-corrected chi connectivity index (χ2v) is 5.92. The average molecular weight is 282 g/mol. The standard InChI is InChI=1S/C20H14N2/c1-12-16-11-14-9-8-13-5-2-3-6-15(13)18(14)19(16)20-17(22-12)7-4-10-21-20/h2-10H,11H2,1H3. The summed E-state index contributed by atoms with van der Waals surface area (Å²) in [5.41, 5.74) is 8.49. The molecule has 0 spiro atoms. The monoisotopic (exact) mass is 282 g/mol. The molecule has 4 aromatic rings. The predicted molar refractivity (Wildman–Crippen MR) is 90.0 cm³/mol. The number of aromatic nitrogens is 2. The predicted octanol–water partition coefficient (Wildman–Crippen LogP) is 4.66. The Bertz CT molecular complexity index is 1060. The Morgan fingerprint density at radius 2 is 1.82 bits per heavy atom. The van der Waals surface area contributed by atoms with Crippen molar-refractivity contribution < 1.29 is 0 Å². The number of benzene rings is 2. The van der Waals surface area contributed by atoms with Crippen LogP contribution in [0.5, 0.6) is 0 Å². The quantitative estimate of drug-likeness (QED) is 0.413. The molecule has 1 aliphatic rings. The van der Waals surface area contributed by atoms with Crippen LogP contribution in [-0.2, 0) is 6.42 Å². The van der Waals surface area contributed by atoms with Crippen LogP contribution in [0, 0.1) is 6.92 Å². The molecule has 0 unspecified atom stereocenters. The summed E-state index contributed by atoms with van der Waals surface area (Å²) in [4.78, 5) is 9.39. The highest BCUT2D eigenvalue weighted by Crippen LogP contribution is 2.44. The zero-order valence-corrected chi connectivity index (χ0v) is 12.3. The van der Waals surface area contributed by atoms with Gasteiger partial charge in [0, 0.05) is 23.9 Å². The number of hydrogen-bond donors (Lipinski definition) is 0. The largest absolute Gasteiger partial charge is 0.254 e. The highest BCUT2D eigenvalue weighted by atomic mass is 14.8. The molecule has 0 saturated heterocycles. The summed E-state index contributed by atoms with van der Waals surface area (Å²) in [5.74, 6) is 0. The maximum absolute atomic E-state index is 4.75. The second-order valence-electron chi connectivity index (χ2n) is 5.92. The highest BCUT2D eigenvalue weighted by molar-refractivity contribution is 6.07. The van der Waals surface area contributed by atoms with E-state index in [4.69, 9.17) is 4.98 Å². The Morgan fingerprint density at radius 1 is 0.909 bits per heavy atom. The second kappa shape index (κ2) is 4.14. The van der Waals surface area contributed by atoms with Gasteiger partial charge in [0.1, 0.15) is 0 Å². The van der Waals surface area contributed by atoms with Crippen LogP contribution in [0.4, 0.5) is 0 Å². The summed E-state index contributed by atoms with van der Waals surface area (Å²) in [7, 11) is 0. The van der Waals surface area contributed by atoms with Gasteiger partial charge in [-0.3, -0.25) is 9.97 Å². The van der Waals surface area contributed by atoms with Crippen LogP contribution < -0.4 is 0 Å². The van der Waals surface area contributed by atoms with Gasteiger partial charge in [-0.05, 0) is 46.5 Å². The van der Waals surface area contributed by atoms with Crippen molar-refractivity contribution in [2.75, 3.05) is 0 Å². The SMILES string of the molecule is Cc1nc2cccnc2c2c1Cc1ccc3ccccc3c1-2. The van der Waals surface area contributed by atoms with E-state index in [1.807, 2.05) is 12.3 Å². The lowest BCUT2D eigenvalue weighted by atomic mass is 9.97. The van der Waals surface area contributed by atoms with Gasteiger partial charge in [-0.15, -0.1) is 0 Å². The van der Waals surface area contributed by atoms with Gasteiger partial charge < -0.3 is 0 Å². The van der Waals surface area contributed by atoms with Crippen LogP contribution in [0.1, 0.15) is 16.8 Å². The van der Waals surface area contributed by atoms with Crippen LogP contribution in [0.2, 0.25) is 0 Å². The van der Waals surface area contributed by atoms with E-state index in [0.29, 0.717) is 0 Å². The minimum atomic E-state index is 0.959. The van der Waals surface area contributed by atoms with Crippen LogP contribution in [0.3, 0.4) is 0 Å². The van der Waals surface area contributed by atoms with E-state index in [9.17, 15) is 0 Å². The molecule has 22 heavy (non-hydrogen) atoms. The molecule has 2 nitrogen and oxygen atoms in total. The molecule has 0 saturated carbocycles. The number of aryl methyl sites for hydroxylation is 1. The molecule has 2 aromatic carbocycles. The van der Waals surface area contributed by atoms with Gasteiger partial charge in [-0.2, -0.15) is 0 Å². The summed E-state index contributed by atoms with van der Waals surface area (Å²) in [6.45, 7) is 2.11. The first-order valence-electron chi connectivity index (χ1n) is 7.58. The summed E-state index contributed by atoms with van der Waals surface area (Å²) >= 11 is 0. The molecule has 2 heteroatoms. The molecule has 0 bridgehead atoms. The summed E-state index contributed by atoms with van der Waals surface area (Å²) in [6.07, 6.45) is 2.82. The maximum Gasteiger partial charge on any atom is 0.0968 e. The molecule has 104 valence electrons. The highest BCUT2D eigenvalue weighted by Gasteiger charge is 2.25. The molecule has 1 aliphatic carbocycles. The summed E-state index contributed by atoms with van der Waals surface area (Å²) in [6, 6.07) is 17.1. The molecular formula is C20H14N2. The van der Waals surface area contributed by atoms with Crippen molar-refractivity contribution in [1.29, 1.82) is 0 Å². The fourth-order valence-corrected chi connectivity index (χ4v) is 3.69. The van der Waals surface area contributed by atoms with Gasteiger partial charge in [0.2, 0.25) is 0 Å². The van der Waals surface area contributed by atoms with E-state index in [0.717, 1.165) is 23.1 Å². The Kier molecular flexibility index (Phi) is 2.23. The minimum Gasteiger partial charge on any atom is -0.254 e. The minimum absolute atomic E-state index is 0.959. The molecule has 0 fully saturated rings. The molecule has 0 N–H and O–H groups in total. The normalized spacial score (nSPS) is 12.6. The Balaban J connectivity index is 2.02. The van der Waals surface area contributed by atoms with E-state index < -0.39 is 0 Å². The summed E-state index contributed by atoms with van der Waals surface area (Å²) in [5, 5.41) is 2.60. The van der Waals surface area contributed by atoms with Crippen molar-refractivity contribution >= 4 is 21.8 Å². The Labute approximate surface area is 128 Å². The molecule has 0 amide bonds. The van der Waals surface area contributed by atoms with Gasteiger partial charge in [0.05, 0.1) is 11.0 Å². The number of hydrogen-bond acceptors (Lipinski definition) is 2. The van der Waals surface area contributed by atoms with Gasteiger partial charge in [-0.25, -0.2) is 0 Å². The van der Waals surface area contributed by atoms with Gasteiger partial charge in [-0.1, -0.05) is 36.4 Å². The number of rotatable bonds is 0. The van der Waals surface area contributed by atoms with Gasteiger partial charge in [0.15, 0.2) is 0 Å². The van der Waals surface area contributed by atoms with Gasteiger partial charge in [0.25, 0.3) is 0 Å². The zero-order valence-electron chi connectivity index (χ0n) is 12.3. The fourth-order valence-electron chi connectivity index (χ4n) is 3.69. The van der Waals surface area contributed by atoms with Crippen LogP contribution in [0.25, 0.3) is 32.9 Å². The van der Waals surface area contributed by atoms with Crippen LogP contribution in [-0.4, -0.2) is 9.97 Å². The third kappa shape index (κ3) is 1.44. The Hall–Kier alpha value is -2.74. The van der Waals surface area contributed by atoms with E-state index >= 15 is 0 Å². The lowest BCUT2D eigenvalue weighted by molar-refractivity contribution is 1.14. The summed E-state index contributed by atoms with van der Waals surface area (Å²) < 4.78 is 0. The molecule has 0 radical (unpaired) electrons. The van der Waals surface area contributed by atoms with Crippen LogP contribution >= 0.6 is 0 Å². The molecule has 2 heterocycles. The topological polar surface area (TPSA) is 25.8 Å². The van der Waals surface area contributed by atoms with Crippen molar-refractivity contribution in [3.63, 3.8) is 0 Å². The fraction of sp³-hybridized carbons (Fsp3) is 0.100. The van der Waals surface area contributed by atoms with E-state index in [1.165, 1.54) is 33.0 Å². The molecule has 0 aliphatic heterocycles. The number of fused-ring (bicyclic) bond motifs is 7. The van der Waals surface area contributed by atoms with E-state index in [2.05, 4.69) is 54.4 Å². The first-order valence-corrected chi connectivity index (χ1v) is 7.58. The third-order valence-corrected chi connectivity index (χ3v) is 4.68. The van der Waals surface area contributed by atoms with Crippen LogP contribution in [0.15, 0.2) is 54.7 Å². The first-order chi connectivity index (χ1) is 10.8. The lowest BCUT2D eigenvalue weighted by Crippen LogP contribution is -1.94. The molecule has 2 aromatic heterocycles. The van der Waals surface area contributed by atoms with Crippen molar-refractivity contribution in [1.82, 2.24) is 9.97 Å². The van der Waals surface area contributed by atoms with E-state index in [-0.39, 0.29) is 0 Å². The van der Waals surface area contributed by atoms with Crippen molar-refractivity contribution in [2.45, 2.75) is 13.3 Å². The van der Waals surface area contributed by atoms with Crippen molar-refractivity contribution in [3.05, 3.63) is 71.5 Å². The first kappa shape index (κ1) is 11.9. The zero-order chi connectivity index (χ0) is 14.7. The molecule has 0 atom stereocenters. The Morgan fingerprint density at radius 3 is 2.77 bits per heavy atom. The number of pyridine rings is 2. The number of nitrogens with zero attached hydrogens (tertiary/aromatic N) is 2. The van der Waals surface area contributed by atoms with Gasteiger partial charge >= 0.3 is 0 Å². The van der Waals surface area contributed by atoms with Crippen molar-refractivity contribution in [2.24, 2.45) is 0 Å². The lowest BCUT2D eigenvalue weighted by Gasteiger charge is -2.10. The molecular weight excluding hydrogens is 268 g/mol. The molecule has 5 rings (SSSR count). The van der Waals surface area contributed by atoms with E-state index in [1.54, 1.807) is 0 Å².